The highest BCUT2D eigenvalue weighted by Gasteiger charge is 2.06. The van der Waals surface area contributed by atoms with Gasteiger partial charge in [0.1, 0.15) is 0 Å². The van der Waals surface area contributed by atoms with Gasteiger partial charge in [0.25, 0.3) is 5.91 Å². The van der Waals surface area contributed by atoms with Crippen molar-refractivity contribution >= 4 is 5.91 Å². The van der Waals surface area contributed by atoms with Crippen molar-refractivity contribution in [1.29, 1.82) is 0 Å². The molecule has 2 rings (SSSR count). The van der Waals surface area contributed by atoms with Crippen molar-refractivity contribution in [2.75, 3.05) is 0 Å². The highest BCUT2D eigenvalue weighted by atomic mass is 16.1. The van der Waals surface area contributed by atoms with E-state index in [0.717, 1.165) is 11.4 Å². The average molecular weight is 228 g/mol. The van der Waals surface area contributed by atoms with Crippen LogP contribution in [0.3, 0.4) is 0 Å². The Morgan fingerprint density at radius 2 is 2.12 bits per heavy atom. The van der Waals surface area contributed by atoms with Crippen molar-refractivity contribution in [2.45, 2.75) is 13.5 Å². The quantitative estimate of drug-likeness (QED) is 0.854. The van der Waals surface area contributed by atoms with E-state index >= 15 is 0 Å². The molecule has 5 heteroatoms. The smallest absolute Gasteiger partial charge is 0.272 e. The molecule has 0 aliphatic rings. The van der Waals surface area contributed by atoms with E-state index in [1.807, 2.05) is 25.1 Å². The first-order valence-electron chi connectivity index (χ1n) is 5.24. The van der Waals surface area contributed by atoms with E-state index in [4.69, 9.17) is 0 Å². The highest BCUT2D eigenvalue weighted by molar-refractivity contribution is 5.91. The van der Waals surface area contributed by atoms with E-state index in [1.54, 1.807) is 18.3 Å². The van der Waals surface area contributed by atoms with Crippen LogP contribution in [-0.2, 0) is 6.54 Å². The third-order valence-corrected chi connectivity index (χ3v) is 2.19. The van der Waals surface area contributed by atoms with Gasteiger partial charge in [-0.15, -0.1) is 5.10 Å². The maximum Gasteiger partial charge on any atom is 0.272 e. The standard InChI is InChI=1S/C12H12N4O/c1-9-5-6-11(16-15-9)12(17)14-8-10-4-2-3-7-13-10/h2-7H,8H2,1H3,(H,14,17). The molecule has 2 aromatic rings. The van der Waals surface area contributed by atoms with Gasteiger partial charge in [-0.25, -0.2) is 0 Å². The van der Waals surface area contributed by atoms with Crippen LogP contribution in [0.1, 0.15) is 21.9 Å². The number of aryl methyl sites for hydroxylation is 1. The molecule has 5 nitrogen and oxygen atoms in total. The summed E-state index contributed by atoms with van der Waals surface area (Å²) in [5.41, 5.74) is 1.90. The largest absolute Gasteiger partial charge is 0.345 e. The van der Waals surface area contributed by atoms with Crippen LogP contribution in [0.2, 0.25) is 0 Å². The van der Waals surface area contributed by atoms with E-state index in [0.29, 0.717) is 12.2 Å². The minimum atomic E-state index is -0.247. The van der Waals surface area contributed by atoms with Crippen molar-refractivity contribution in [2.24, 2.45) is 0 Å². The minimum absolute atomic E-state index is 0.247. The minimum Gasteiger partial charge on any atom is -0.345 e. The van der Waals surface area contributed by atoms with Crippen LogP contribution < -0.4 is 5.32 Å². The van der Waals surface area contributed by atoms with E-state index in [2.05, 4.69) is 20.5 Å². The molecule has 2 aromatic heterocycles. The number of nitrogens with zero attached hydrogens (tertiary/aromatic N) is 3. The summed E-state index contributed by atoms with van der Waals surface area (Å²) in [6, 6.07) is 8.96. The van der Waals surface area contributed by atoms with Gasteiger partial charge in [0.2, 0.25) is 0 Å². The Kier molecular flexibility index (Phi) is 3.40. The molecule has 17 heavy (non-hydrogen) atoms. The zero-order valence-corrected chi connectivity index (χ0v) is 9.42. The van der Waals surface area contributed by atoms with Crippen LogP contribution in [0, 0.1) is 6.92 Å². The molecule has 0 atom stereocenters. The monoisotopic (exact) mass is 228 g/mol. The first kappa shape index (κ1) is 11.2. The van der Waals surface area contributed by atoms with Crippen molar-refractivity contribution < 1.29 is 4.79 Å². The second kappa shape index (κ2) is 5.16. The molecule has 0 aliphatic heterocycles. The summed E-state index contributed by atoms with van der Waals surface area (Å²) < 4.78 is 0. The molecule has 0 bridgehead atoms. The molecule has 1 amide bonds. The number of carbonyl (C=O) groups is 1. The molecule has 0 fully saturated rings. The summed E-state index contributed by atoms with van der Waals surface area (Å²) in [6.07, 6.45) is 1.69. The van der Waals surface area contributed by atoms with Crippen LogP contribution >= 0.6 is 0 Å². The van der Waals surface area contributed by atoms with E-state index in [9.17, 15) is 4.79 Å². The summed E-state index contributed by atoms with van der Waals surface area (Å²) in [7, 11) is 0. The maximum atomic E-state index is 11.7. The molecular weight excluding hydrogens is 216 g/mol. The van der Waals surface area contributed by atoms with E-state index < -0.39 is 0 Å². The van der Waals surface area contributed by atoms with Gasteiger partial charge in [0, 0.05) is 6.20 Å². The van der Waals surface area contributed by atoms with Crippen molar-refractivity contribution in [1.82, 2.24) is 20.5 Å². The lowest BCUT2D eigenvalue weighted by Crippen LogP contribution is -2.24. The van der Waals surface area contributed by atoms with Gasteiger partial charge in [0.05, 0.1) is 17.9 Å². The molecule has 0 saturated heterocycles. The lowest BCUT2D eigenvalue weighted by molar-refractivity contribution is 0.0944. The molecule has 86 valence electrons. The van der Waals surface area contributed by atoms with Gasteiger partial charge in [-0.05, 0) is 31.2 Å². The fourth-order valence-corrected chi connectivity index (χ4v) is 1.28. The van der Waals surface area contributed by atoms with Crippen LogP contribution in [0.25, 0.3) is 0 Å². The second-order valence-corrected chi connectivity index (χ2v) is 3.56. The third-order valence-electron chi connectivity index (χ3n) is 2.19. The number of nitrogens with one attached hydrogen (secondary N) is 1. The van der Waals surface area contributed by atoms with Crippen molar-refractivity contribution in [3.8, 4) is 0 Å². The maximum absolute atomic E-state index is 11.7. The summed E-state index contributed by atoms with van der Waals surface area (Å²) in [5.74, 6) is -0.247. The first-order chi connectivity index (χ1) is 8.25. The molecule has 0 aromatic carbocycles. The average Bonchev–Trinajstić information content (AvgIpc) is 2.38. The SMILES string of the molecule is Cc1ccc(C(=O)NCc2ccccn2)nn1. The van der Waals surface area contributed by atoms with Crippen LogP contribution in [0.5, 0.6) is 0 Å². The number of carbonyl (C=O) groups excluding carboxylic acids is 1. The normalized spacial score (nSPS) is 9.94. The lowest BCUT2D eigenvalue weighted by Gasteiger charge is -2.03. The number of aromatic nitrogens is 3. The molecule has 0 unspecified atom stereocenters. The number of pyridine rings is 1. The third kappa shape index (κ3) is 3.07. The Morgan fingerprint density at radius 3 is 2.76 bits per heavy atom. The summed E-state index contributed by atoms with van der Waals surface area (Å²) in [6.45, 7) is 2.21. The molecule has 1 N–H and O–H groups in total. The number of amides is 1. The molecular formula is C12H12N4O. The predicted molar refractivity (Wildman–Crippen MR) is 62.2 cm³/mol. The van der Waals surface area contributed by atoms with Crippen molar-refractivity contribution in [3.05, 3.63) is 53.6 Å². The Bertz CT molecular complexity index is 496. The molecule has 0 aliphatic carbocycles. The van der Waals surface area contributed by atoms with E-state index in [-0.39, 0.29) is 5.91 Å². The Labute approximate surface area is 98.9 Å². The number of rotatable bonds is 3. The second-order valence-electron chi connectivity index (χ2n) is 3.56. The summed E-state index contributed by atoms with van der Waals surface area (Å²) >= 11 is 0. The molecule has 0 saturated carbocycles. The number of hydrogen-bond donors (Lipinski definition) is 1. The highest BCUT2D eigenvalue weighted by Crippen LogP contribution is 1.97. The fraction of sp³-hybridized carbons (Fsp3) is 0.167. The molecule has 0 spiro atoms. The van der Waals surface area contributed by atoms with Gasteiger partial charge in [0.15, 0.2) is 5.69 Å². The van der Waals surface area contributed by atoms with Gasteiger partial charge >= 0.3 is 0 Å². The Morgan fingerprint density at radius 1 is 1.24 bits per heavy atom. The van der Waals surface area contributed by atoms with Crippen molar-refractivity contribution in [3.63, 3.8) is 0 Å². The fourth-order valence-electron chi connectivity index (χ4n) is 1.28. The van der Waals surface area contributed by atoms with Crippen LogP contribution in [0.4, 0.5) is 0 Å². The Hall–Kier alpha value is -2.30. The Balaban J connectivity index is 1.96. The van der Waals surface area contributed by atoms with Crippen LogP contribution in [0.15, 0.2) is 36.5 Å². The molecule has 2 heterocycles. The lowest BCUT2D eigenvalue weighted by atomic mass is 10.3. The van der Waals surface area contributed by atoms with Gasteiger partial charge < -0.3 is 5.32 Å². The van der Waals surface area contributed by atoms with Crippen LogP contribution in [-0.4, -0.2) is 21.1 Å². The summed E-state index contributed by atoms with van der Waals surface area (Å²) in [4.78, 5) is 15.8. The zero-order chi connectivity index (χ0) is 12.1. The van der Waals surface area contributed by atoms with Gasteiger partial charge in [-0.2, -0.15) is 5.10 Å². The predicted octanol–water partition coefficient (Wildman–Crippen LogP) is 1.11. The first-order valence-corrected chi connectivity index (χ1v) is 5.24. The van der Waals surface area contributed by atoms with Gasteiger partial charge in [-0.3, -0.25) is 9.78 Å². The number of hydrogen-bond acceptors (Lipinski definition) is 4. The van der Waals surface area contributed by atoms with Gasteiger partial charge in [-0.1, -0.05) is 6.07 Å². The summed E-state index contributed by atoms with van der Waals surface area (Å²) in [5, 5.41) is 10.4. The van der Waals surface area contributed by atoms with E-state index in [1.165, 1.54) is 0 Å². The topological polar surface area (TPSA) is 67.8 Å². The molecule has 0 radical (unpaired) electrons. The zero-order valence-electron chi connectivity index (χ0n) is 9.42.